The number of nitrogens with zero attached hydrogens (tertiary/aromatic N) is 1. The molecule has 0 unspecified atom stereocenters. The molecule has 0 aromatic heterocycles. The lowest BCUT2D eigenvalue weighted by Gasteiger charge is -2.29. The first-order chi connectivity index (χ1) is 10.4. The van der Waals surface area contributed by atoms with Gasteiger partial charge in [0.05, 0.1) is 12.0 Å². The van der Waals surface area contributed by atoms with E-state index >= 15 is 0 Å². The number of primary amides is 1. The lowest BCUT2D eigenvalue weighted by Crippen LogP contribution is -2.41. The Morgan fingerprint density at radius 2 is 2.00 bits per heavy atom. The summed E-state index contributed by atoms with van der Waals surface area (Å²) >= 11 is 0. The molecule has 6 nitrogen and oxygen atoms in total. The van der Waals surface area contributed by atoms with Gasteiger partial charge in [-0.25, -0.2) is 8.42 Å². The second-order valence-electron chi connectivity index (χ2n) is 5.41. The van der Waals surface area contributed by atoms with Gasteiger partial charge in [0.15, 0.2) is 0 Å². The van der Waals surface area contributed by atoms with Crippen molar-refractivity contribution in [3.05, 3.63) is 23.8 Å². The molecule has 1 aromatic carbocycles. The third kappa shape index (κ3) is 3.25. The van der Waals surface area contributed by atoms with Crippen LogP contribution in [0, 0.1) is 5.92 Å². The molecule has 122 valence electrons. The van der Waals surface area contributed by atoms with Crippen molar-refractivity contribution in [1.29, 1.82) is 0 Å². The highest BCUT2D eigenvalue weighted by molar-refractivity contribution is 7.89. The summed E-state index contributed by atoms with van der Waals surface area (Å²) in [7, 11) is -1.98. The first-order valence-corrected chi connectivity index (χ1v) is 8.80. The van der Waals surface area contributed by atoms with Crippen molar-refractivity contribution in [3.63, 3.8) is 0 Å². The minimum atomic E-state index is -3.54. The summed E-state index contributed by atoms with van der Waals surface area (Å²) < 4.78 is 32.1. The lowest BCUT2D eigenvalue weighted by molar-refractivity contribution is -0.122. The van der Waals surface area contributed by atoms with E-state index in [-0.39, 0.29) is 16.7 Å². The number of hydrogen-bond donors (Lipinski definition) is 1. The second kappa shape index (κ2) is 6.66. The maximum atomic E-state index is 12.7. The van der Waals surface area contributed by atoms with E-state index < -0.39 is 10.0 Å². The number of nitrogens with two attached hydrogens (primary N) is 1. The molecule has 0 aliphatic carbocycles. The van der Waals surface area contributed by atoms with Crippen LogP contribution < -0.4 is 10.5 Å². The second-order valence-corrected chi connectivity index (χ2v) is 7.35. The summed E-state index contributed by atoms with van der Waals surface area (Å²) in [4.78, 5) is 11.4. The highest BCUT2D eigenvalue weighted by atomic mass is 32.2. The molecule has 0 spiro atoms. The Morgan fingerprint density at radius 3 is 2.50 bits per heavy atom. The first kappa shape index (κ1) is 16.8. The number of amides is 1. The molecule has 1 amide bonds. The van der Waals surface area contributed by atoms with Gasteiger partial charge in [-0.2, -0.15) is 4.31 Å². The quantitative estimate of drug-likeness (QED) is 0.879. The van der Waals surface area contributed by atoms with Crippen molar-refractivity contribution in [2.24, 2.45) is 11.7 Å². The SMILES string of the molecule is CCc1cc(S(=O)(=O)N2CCC(C(N)=O)CC2)ccc1OC. The zero-order valence-corrected chi connectivity index (χ0v) is 13.7. The largest absolute Gasteiger partial charge is 0.496 e. The van der Waals surface area contributed by atoms with Gasteiger partial charge in [0.2, 0.25) is 15.9 Å². The van der Waals surface area contributed by atoms with Crippen molar-refractivity contribution < 1.29 is 17.9 Å². The van der Waals surface area contributed by atoms with Crippen molar-refractivity contribution in [1.82, 2.24) is 4.31 Å². The molecule has 22 heavy (non-hydrogen) atoms. The van der Waals surface area contributed by atoms with E-state index in [1.807, 2.05) is 6.92 Å². The van der Waals surface area contributed by atoms with E-state index in [1.165, 1.54) is 4.31 Å². The first-order valence-electron chi connectivity index (χ1n) is 7.36. The molecule has 2 N–H and O–H groups in total. The van der Waals surface area contributed by atoms with Crippen LogP contribution in [-0.4, -0.2) is 38.8 Å². The van der Waals surface area contributed by atoms with Crippen LogP contribution in [0.3, 0.4) is 0 Å². The molecule has 0 atom stereocenters. The predicted molar refractivity (Wildman–Crippen MR) is 83.0 cm³/mol. The van der Waals surface area contributed by atoms with E-state index in [0.29, 0.717) is 38.1 Å². The molecule has 1 aliphatic rings. The number of carbonyl (C=O) groups is 1. The molecule has 0 radical (unpaired) electrons. The van der Waals surface area contributed by atoms with Crippen LogP contribution in [-0.2, 0) is 21.2 Å². The monoisotopic (exact) mass is 326 g/mol. The third-order valence-corrected chi connectivity index (χ3v) is 6.02. The number of ether oxygens (including phenoxy) is 1. The number of piperidine rings is 1. The Balaban J connectivity index is 2.22. The van der Waals surface area contributed by atoms with Gasteiger partial charge in [-0.1, -0.05) is 6.92 Å². The van der Waals surface area contributed by atoms with Crippen molar-refractivity contribution >= 4 is 15.9 Å². The van der Waals surface area contributed by atoms with Crippen molar-refractivity contribution in [2.75, 3.05) is 20.2 Å². The van der Waals surface area contributed by atoms with Crippen LogP contribution in [0.15, 0.2) is 23.1 Å². The Morgan fingerprint density at radius 1 is 1.36 bits per heavy atom. The normalized spacial score (nSPS) is 17.4. The fraction of sp³-hybridized carbons (Fsp3) is 0.533. The van der Waals surface area contributed by atoms with E-state index in [0.717, 1.165) is 5.56 Å². The van der Waals surface area contributed by atoms with Crippen LogP contribution in [0.2, 0.25) is 0 Å². The smallest absolute Gasteiger partial charge is 0.243 e. The molecule has 1 heterocycles. The number of hydrogen-bond acceptors (Lipinski definition) is 4. The van der Waals surface area contributed by atoms with Gasteiger partial charge in [-0.15, -0.1) is 0 Å². The predicted octanol–water partition coefficient (Wildman–Crippen LogP) is 1.14. The molecule has 1 saturated heterocycles. The average molecular weight is 326 g/mol. The van der Waals surface area contributed by atoms with Gasteiger partial charge in [-0.05, 0) is 43.0 Å². The molecular formula is C15H22N2O4S. The van der Waals surface area contributed by atoms with Gasteiger partial charge in [-0.3, -0.25) is 4.79 Å². The molecule has 1 fully saturated rings. The highest BCUT2D eigenvalue weighted by Gasteiger charge is 2.31. The van der Waals surface area contributed by atoms with Gasteiger partial charge in [0, 0.05) is 19.0 Å². The van der Waals surface area contributed by atoms with Crippen LogP contribution in [0.1, 0.15) is 25.3 Å². The fourth-order valence-corrected chi connectivity index (χ4v) is 4.24. The molecule has 0 bridgehead atoms. The van der Waals surface area contributed by atoms with Crippen molar-refractivity contribution in [2.45, 2.75) is 31.1 Å². The summed E-state index contributed by atoms with van der Waals surface area (Å²) in [6.07, 6.45) is 1.65. The average Bonchev–Trinajstić information content (AvgIpc) is 2.54. The molecule has 2 rings (SSSR count). The zero-order valence-electron chi connectivity index (χ0n) is 12.9. The lowest BCUT2D eigenvalue weighted by atomic mass is 9.98. The van der Waals surface area contributed by atoms with Crippen molar-refractivity contribution in [3.8, 4) is 5.75 Å². The van der Waals surface area contributed by atoms with Crippen LogP contribution >= 0.6 is 0 Å². The van der Waals surface area contributed by atoms with Crippen LogP contribution in [0.25, 0.3) is 0 Å². The number of rotatable bonds is 5. The van der Waals surface area contributed by atoms with E-state index in [2.05, 4.69) is 0 Å². The van der Waals surface area contributed by atoms with E-state index in [1.54, 1.807) is 25.3 Å². The summed E-state index contributed by atoms with van der Waals surface area (Å²) in [5.41, 5.74) is 6.14. The minimum Gasteiger partial charge on any atom is -0.496 e. The summed E-state index contributed by atoms with van der Waals surface area (Å²) in [6, 6.07) is 4.91. The van der Waals surface area contributed by atoms with Gasteiger partial charge in [0.1, 0.15) is 5.75 Å². The standard InChI is InChI=1S/C15H22N2O4S/c1-3-11-10-13(4-5-14(11)21-2)22(19,20)17-8-6-12(7-9-17)15(16)18/h4-5,10,12H,3,6-9H2,1-2H3,(H2,16,18). The Kier molecular flexibility index (Phi) is 5.08. The Bertz CT molecular complexity index is 650. The van der Waals surface area contributed by atoms with Crippen LogP contribution in [0.4, 0.5) is 0 Å². The number of methoxy groups -OCH3 is 1. The van der Waals surface area contributed by atoms with E-state index in [4.69, 9.17) is 10.5 Å². The number of sulfonamides is 1. The molecule has 0 saturated carbocycles. The van der Waals surface area contributed by atoms with Gasteiger partial charge >= 0.3 is 0 Å². The molecular weight excluding hydrogens is 304 g/mol. The zero-order chi connectivity index (χ0) is 16.3. The maximum absolute atomic E-state index is 12.7. The highest BCUT2D eigenvalue weighted by Crippen LogP contribution is 2.27. The minimum absolute atomic E-state index is 0.228. The topological polar surface area (TPSA) is 89.7 Å². The Hall–Kier alpha value is -1.60. The summed E-state index contributed by atoms with van der Waals surface area (Å²) in [5.74, 6) is 0.108. The molecule has 1 aromatic rings. The fourth-order valence-electron chi connectivity index (χ4n) is 2.72. The number of aryl methyl sites for hydroxylation is 1. The van der Waals surface area contributed by atoms with Crippen LogP contribution in [0.5, 0.6) is 5.75 Å². The van der Waals surface area contributed by atoms with Gasteiger partial charge < -0.3 is 10.5 Å². The Labute approximate surface area is 131 Å². The maximum Gasteiger partial charge on any atom is 0.243 e. The number of benzene rings is 1. The summed E-state index contributed by atoms with van der Waals surface area (Å²) in [5, 5.41) is 0. The van der Waals surface area contributed by atoms with E-state index in [9.17, 15) is 13.2 Å². The van der Waals surface area contributed by atoms with Gasteiger partial charge in [0.25, 0.3) is 0 Å². The molecule has 7 heteroatoms. The third-order valence-electron chi connectivity index (χ3n) is 4.13. The molecule has 1 aliphatic heterocycles. The summed E-state index contributed by atoms with van der Waals surface area (Å²) in [6.45, 7) is 2.60. The number of carbonyl (C=O) groups excluding carboxylic acids is 1.